The van der Waals surface area contributed by atoms with E-state index in [1.807, 2.05) is 18.2 Å². The molecular formula is C18H21N3O3. The third kappa shape index (κ3) is 4.08. The first-order chi connectivity index (χ1) is 11.6. The highest BCUT2D eigenvalue weighted by Gasteiger charge is 2.25. The number of aromatic nitrogens is 2. The molecule has 3 heterocycles. The highest BCUT2D eigenvalue weighted by molar-refractivity contribution is 5.94. The first kappa shape index (κ1) is 16.4. The maximum Gasteiger partial charge on any atom is 0.254 e. The predicted octanol–water partition coefficient (Wildman–Crippen LogP) is 1.90. The van der Waals surface area contributed by atoms with Crippen molar-refractivity contribution >= 4 is 5.91 Å². The van der Waals surface area contributed by atoms with Crippen molar-refractivity contribution < 1.29 is 9.53 Å². The SMILES string of the molecule is Cc1cc(C(=O)N2CCC[C@H](OCc3ccccn3)C2)cc(=O)[nH]1. The summed E-state index contributed by atoms with van der Waals surface area (Å²) in [5.74, 6) is -0.115. The van der Waals surface area contributed by atoms with Crippen molar-refractivity contribution in [2.24, 2.45) is 0 Å². The van der Waals surface area contributed by atoms with Crippen molar-refractivity contribution in [3.8, 4) is 0 Å². The minimum atomic E-state index is -0.252. The fourth-order valence-electron chi connectivity index (χ4n) is 2.93. The molecular weight excluding hydrogens is 306 g/mol. The average Bonchev–Trinajstić information content (AvgIpc) is 2.59. The number of aryl methyl sites for hydroxylation is 1. The minimum Gasteiger partial charge on any atom is -0.370 e. The van der Waals surface area contributed by atoms with E-state index in [2.05, 4.69) is 9.97 Å². The number of hydrogen-bond acceptors (Lipinski definition) is 4. The van der Waals surface area contributed by atoms with E-state index < -0.39 is 0 Å². The van der Waals surface area contributed by atoms with Gasteiger partial charge in [-0.05, 0) is 38.0 Å². The van der Waals surface area contributed by atoms with Gasteiger partial charge in [0.05, 0.1) is 18.4 Å². The molecule has 0 spiro atoms. The molecule has 0 unspecified atom stereocenters. The number of nitrogens with one attached hydrogen (secondary N) is 1. The number of carbonyl (C=O) groups excluding carboxylic acids is 1. The summed E-state index contributed by atoms with van der Waals surface area (Å²) in [5, 5.41) is 0. The molecule has 6 heteroatoms. The third-order valence-corrected chi connectivity index (χ3v) is 4.08. The summed E-state index contributed by atoms with van der Waals surface area (Å²) in [6.45, 7) is 3.44. The van der Waals surface area contributed by atoms with Crippen LogP contribution in [0.4, 0.5) is 0 Å². The van der Waals surface area contributed by atoms with E-state index >= 15 is 0 Å². The second-order valence-electron chi connectivity index (χ2n) is 6.06. The molecule has 1 N–H and O–H groups in total. The summed E-state index contributed by atoms with van der Waals surface area (Å²) < 4.78 is 5.91. The Labute approximate surface area is 140 Å². The van der Waals surface area contributed by atoms with Gasteiger partial charge in [0.15, 0.2) is 0 Å². The summed E-state index contributed by atoms with van der Waals surface area (Å²) in [7, 11) is 0. The van der Waals surface area contributed by atoms with Crippen LogP contribution >= 0.6 is 0 Å². The monoisotopic (exact) mass is 327 g/mol. The average molecular weight is 327 g/mol. The second kappa shape index (κ2) is 7.40. The summed E-state index contributed by atoms with van der Waals surface area (Å²) in [6, 6.07) is 8.78. The van der Waals surface area contributed by atoms with Gasteiger partial charge in [-0.25, -0.2) is 0 Å². The number of H-pyrrole nitrogens is 1. The van der Waals surface area contributed by atoms with Crippen LogP contribution in [-0.2, 0) is 11.3 Å². The molecule has 1 aliphatic rings. The maximum atomic E-state index is 12.6. The van der Waals surface area contributed by atoms with E-state index in [4.69, 9.17) is 4.74 Å². The molecule has 0 saturated carbocycles. The molecule has 1 fully saturated rings. The van der Waals surface area contributed by atoms with Crippen LogP contribution in [0.3, 0.4) is 0 Å². The molecule has 24 heavy (non-hydrogen) atoms. The summed E-state index contributed by atoms with van der Waals surface area (Å²) in [4.78, 5) is 32.9. The number of carbonyl (C=O) groups is 1. The van der Waals surface area contributed by atoms with Gasteiger partial charge < -0.3 is 14.6 Å². The van der Waals surface area contributed by atoms with E-state index in [1.54, 1.807) is 24.1 Å². The predicted molar refractivity (Wildman–Crippen MR) is 89.8 cm³/mol. The number of pyridine rings is 2. The van der Waals surface area contributed by atoms with Crippen LogP contribution in [0.2, 0.25) is 0 Å². The van der Waals surface area contributed by atoms with Crippen LogP contribution in [0.15, 0.2) is 41.3 Å². The third-order valence-electron chi connectivity index (χ3n) is 4.08. The number of ether oxygens (including phenoxy) is 1. The first-order valence-corrected chi connectivity index (χ1v) is 8.13. The van der Waals surface area contributed by atoms with Crippen LogP contribution < -0.4 is 5.56 Å². The zero-order valence-corrected chi connectivity index (χ0v) is 13.7. The lowest BCUT2D eigenvalue weighted by Gasteiger charge is -2.32. The van der Waals surface area contributed by atoms with Crippen molar-refractivity contribution in [2.75, 3.05) is 13.1 Å². The Hall–Kier alpha value is -2.47. The summed E-state index contributed by atoms with van der Waals surface area (Å²) >= 11 is 0. The van der Waals surface area contributed by atoms with Gasteiger partial charge in [-0.15, -0.1) is 0 Å². The highest BCUT2D eigenvalue weighted by atomic mass is 16.5. The lowest BCUT2D eigenvalue weighted by molar-refractivity contribution is -0.00786. The topological polar surface area (TPSA) is 75.3 Å². The number of hydrogen-bond donors (Lipinski definition) is 1. The lowest BCUT2D eigenvalue weighted by Crippen LogP contribution is -2.43. The van der Waals surface area contributed by atoms with E-state index in [0.717, 1.165) is 18.5 Å². The quantitative estimate of drug-likeness (QED) is 0.930. The molecule has 0 aromatic carbocycles. The fourth-order valence-corrected chi connectivity index (χ4v) is 2.93. The van der Waals surface area contributed by atoms with Gasteiger partial charge in [0.2, 0.25) is 5.56 Å². The van der Waals surface area contributed by atoms with Gasteiger partial charge in [-0.2, -0.15) is 0 Å². The maximum absolute atomic E-state index is 12.6. The normalized spacial score (nSPS) is 17.7. The molecule has 0 radical (unpaired) electrons. The Kier molecular flexibility index (Phi) is 5.05. The number of likely N-dealkylation sites (tertiary alicyclic amines) is 1. The van der Waals surface area contributed by atoms with Crippen LogP contribution in [-0.4, -0.2) is 40.0 Å². The van der Waals surface area contributed by atoms with Crippen LogP contribution in [0.25, 0.3) is 0 Å². The molecule has 0 aliphatic carbocycles. The summed E-state index contributed by atoms with van der Waals surface area (Å²) in [5.41, 5.74) is 1.75. The van der Waals surface area contributed by atoms with Crippen LogP contribution in [0.5, 0.6) is 0 Å². The Morgan fingerprint density at radius 2 is 2.29 bits per heavy atom. The molecule has 3 rings (SSSR count). The molecule has 6 nitrogen and oxygen atoms in total. The smallest absolute Gasteiger partial charge is 0.254 e. The van der Waals surface area contributed by atoms with E-state index in [0.29, 0.717) is 31.0 Å². The molecule has 1 amide bonds. The van der Waals surface area contributed by atoms with Gasteiger partial charge in [0.1, 0.15) is 0 Å². The Morgan fingerprint density at radius 1 is 1.42 bits per heavy atom. The lowest BCUT2D eigenvalue weighted by atomic mass is 10.1. The fraction of sp³-hybridized carbons (Fsp3) is 0.389. The minimum absolute atomic E-state index is 0.00667. The molecule has 2 aromatic rings. The number of piperidine rings is 1. The largest absolute Gasteiger partial charge is 0.370 e. The zero-order valence-electron chi connectivity index (χ0n) is 13.7. The molecule has 2 aromatic heterocycles. The van der Waals surface area contributed by atoms with Crippen LogP contribution in [0.1, 0.15) is 34.6 Å². The van der Waals surface area contributed by atoms with E-state index in [9.17, 15) is 9.59 Å². The van der Waals surface area contributed by atoms with Crippen LogP contribution in [0, 0.1) is 6.92 Å². The van der Waals surface area contributed by atoms with Gasteiger partial charge in [-0.3, -0.25) is 14.6 Å². The van der Waals surface area contributed by atoms with E-state index in [1.165, 1.54) is 6.07 Å². The molecule has 126 valence electrons. The second-order valence-corrected chi connectivity index (χ2v) is 6.06. The van der Waals surface area contributed by atoms with Gasteiger partial charge in [0.25, 0.3) is 5.91 Å². The van der Waals surface area contributed by atoms with Crippen molar-refractivity contribution in [3.05, 3.63) is 63.8 Å². The van der Waals surface area contributed by atoms with Crippen molar-refractivity contribution in [2.45, 2.75) is 32.5 Å². The van der Waals surface area contributed by atoms with E-state index in [-0.39, 0.29) is 17.6 Å². The van der Waals surface area contributed by atoms with Crippen molar-refractivity contribution in [3.63, 3.8) is 0 Å². The van der Waals surface area contributed by atoms with Gasteiger partial charge >= 0.3 is 0 Å². The molecule has 1 saturated heterocycles. The van der Waals surface area contributed by atoms with Crippen molar-refractivity contribution in [1.29, 1.82) is 0 Å². The standard InChI is InChI=1S/C18H21N3O3/c1-13-9-14(10-17(22)20-13)18(23)21-8-4-6-16(11-21)24-12-15-5-2-3-7-19-15/h2-3,5,7,9-10,16H,4,6,8,11-12H2,1H3,(H,20,22)/t16-/m0/s1. The Morgan fingerprint density at radius 3 is 3.04 bits per heavy atom. The first-order valence-electron chi connectivity index (χ1n) is 8.13. The van der Waals surface area contributed by atoms with Crippen molar-refractivity contribution in [1.82, 2.24) is 14.9 Å². The number of amides is 1. The molecule has 0 bridgehead atoms. The number of aromatic amines is 1. The number of rotatable bonds is 4. The Bertz CT molecular complexity index is 758. The Balaban J connectivity index is 1.62. The molecule has 1 atom stereocenters. The molecule has 1 aliphatic heterocycles. The summed E-state index contributed by atoms with van der Waals surface area (Å²) in [6.07, 6.45) is 3.55. The zero-order chi connectivity index (χ0) is 16.9. The highest BCUT2D eigenvalue weighted by Crippen LogP contribution is 2.17. The van der Waals surface area contributed by atoms with Gasteiger partial charge in [0, 0.05) is 36.6 Å². The van der Waals surface area contributed by atoms with Gasteiger partial charge in [-0.1, -0.05) is 6.07 Å². The number of nitrogens with zero attached hydrogens (tertiary/aromatic N) is 2.